The predicted octanol–water partition coefficient (Wildman–Crippen LogP) is 1.45. The Morgan fingerprint density at radius 2 is 2.45 bits per heavy atom. The first-order chi connectivity index (χ1) is 5.34. The highest BCUT2D eigenvalue weighted by Gasteiger charge is 1.94. The van der Waals surface area contributed by atoms with Crippen LogP contribution in [0.15, 0.2) is 29.7 Å². The fraction of sp³-hybridized carbons (Fsp3) is 0.250. The fourth-order valence-corrected chi connectivity index (χ4v) is 0.766. The average molecular weight is 150 g/mol. The second kappa shape index (κ2) is 3.71. The smallest absolute Gasteiger partial charge is 0.106 e. The van der Waals surface area contributed by atoms with E-state index < -0.39 is 0 Å². The van der Waals surface area contributed by atoms with E-state index in [0.29, 0.717) is 0 Å². The molecule has 0 aliphatic rings. The lowest BCUT2D eigenvalue weighted by atomic mass is 10.2. The maximum absolute atomic E-state index is 4.62. The number of aromatic nitrogens is 1. The van der Waals surface area contributed by atoms with Crippen molar-refractivity contribution in [1.29, 1.82) is 0 Å². The summed E-state index contributed by atoms with van der Waals surface area (Å²) in [5.74, 6) is 0. The first kappa shape index (κ1) is 7.72. The van der Waals surface area contributed by atoms with Gasteiger partial charge in [0.2, 0.25) is 0 Å². The van der Waals surface area contributed by atoms with Gasteiger partial charge in [0.05, 0.1) is 5.71 Å². The molecule has 0 aliphatic heterocycles. The van der Waals surface area contributed by atoms with Crippen molar-refractivity contribution in [1.82, 2.24) is 4.98 Å². The van der Waals surface area contributed by atoms with Crippen LogP contribution in [0, 0.1) is 0 Å². The van der Waals surface area contributed by atoms with Crippen molar-refractivity contribution in [3.63, 3.8) is 0 Å². The highest BCUT2D eigenvalue weighted by molar-refractivity contribution is 5.97. The summed E-state index contributed by atoms with van der Waals surface area (Å²) in [6.07, 6.45) is 3.47. The largest absolute Gasteiger partial charge is 0.399 e. The van der Waals surface area contributed by atoms with Crippen molar-refractivity contribution in [2.45, 2.75) is 6.92 Å². The lowest BCUT2D eigenvalue weighted by molar-refractivity contribution is 0.213. The molecule has 11 heavy (non-hydrogen) atoms. The molecule has 0 saturated carbocycles. The molecule has 0 fully saturated rings. The third-order valence-electron chi connectivity index (χ3n) is 1.31. The molecule has 3 heteroatoms. The lowest BCUT2D eigenvalue weighted by Gasteiger charge is -1.96. The van der Waals surface area contributed by atoms with Crippen LogP contribution in [0.3, 0.4) is 0 Å². The van der Waals surface area contributed by atoms with Gasteiger partial charge < -0.3 is 4.84 Å². The molecule has 1 aromatic rings. The second-order valence-corrected chi connectivity index (χ2v) is 2.10. The molecule has 1 heterocycles. The van der Waals surface area contributed by atoms with Crippen molar-refractivity contribution < 1.29 is 4.84 Å². The van der Waals surface area contributed by atoms with E-state index in [4.69, 9.17) is 0 Å². The highest BCUT2D eigenvalue weighted by Crippen LogP contribution is 1.97. The first-order valence-electron chi connectivity index (χ1n) is 3.32. The lowest BCUT2D eigenvalue weighted by Crippen LogP contribution is -1.94. The van der Waals surface area contributed by atoms with Gasteiger partial charge in [0.1, 0.15) is 7.11 Å². The van der Waals surface area contributed by atoms with Gasteiger partial charge in [-0.2, -0.15) is 0 Å². The van der Waals surface area contributed by atoms with Gasteiger partial charge in [0.15, 0.2) is 0 Å². The van der Waals surface area contributed by atoms with E-state index in [1.165, 1.54) is 7.11 Å². The second-order valence-electron chi connectivity index (χ2n) is 2.10. The Labute approximate surface area is 65.7 Å². The molecule has 0 N–H and O–H groups in total. The molecule has 0 aliphatic carbocycles. The minimum absolute atomic E-state index is 0.834. The van der Waals surface area contributed by atoms with Crippen LogP contribution < -0.4 is 0 Å². The zero-order valence-electron chi connectivity index (χ0n) is 6.61. The van der Waals surface area contributed by atoms with Crippen LogP contribution >= 0.6 is 0 Å². The molecular weight excluding hydrogens is 140 g/mol. The van der Waals surface area contributed by atoms with Gasteiger partial charge in [-0.15, -0.1) is 0 Å². The van der Waals surface area contributed by atoms with Gasteiger partial charge in [-0.3, -0.25) is 4.98 Å². The Kier molecular flexibility index (Phi) is 2.60. The van der Waals surface area contributed by atoms with Gasteiger partial charge in [-0.1, -0.05) is 5.16 Å². The maximum atomic E-state index is 4.62. The Morgan fingerprint density at radius 1 is 1.64 bits per heavy atom. The van der Waals surface area contributed by atoms with Crippen LogP contribution in [0.2, 0.25) is 0 Å². The van der Waals surface area contributed by atoms with E-state index in [9.17, 15) is 0 Å². The van der Waals surface area contributed by atoms with Gasteiger partial charge in [0, 0.05) is 18.0 Å². The molecular formula is C8H10N2O. The molecule has 0 amide bonds. The van der Waals surface area contributed by atoms with E-state index in [2.05, 4.69) is 15.0 Å². The summed E-state index contributed by atoms with van der Waals surface area (Å²) < 4.78 is 0. The van der Waals surface area contributed by atoms with Crippen LogP contribution in [0.4, 0.5) is 0 Å². The minimum Gasteiger partial charge on any atom is -0.399 e. The van der Waals surface area contributed by atoms with Crippen molar-refractivity contribution in [2.75, 3.05) is 7.11 Å². The molecule has 58 valence electrons. The number of hydrogen-bond acceptors (Lipinski definition) is 3. The Balaban J connectivity index is 2.85. The molecule has 0 atom stereocenters. The summed E-state index contributed by atoms with van der Waals surface area (Å²) in [7, 11) is 1.53. The quantitative estimate of drug-likeness (QED) is 0.472. The van der Waals surface area contributed by atoms with Crippen molar-refractivity contribution in [3.05, 3.63) is 30.1 Å². The van der Waals surface area contributed by atoms with Crippen LogP contribution in [-0.4, -0.2) is 17.8 Å². The Bertz CT molecular complexity index is 244. The monoisotopic (exact) mass is 150 g/mol. The SMILES string of the molecule is CON=C(C)c1cccnc1. The van der Waals surface area contributed by atoms with Crippen molar-refractivity contribution in [3.8, 4) is 0 Å². The topological polar surface area (TPSA) is 34.5 Å². The summed E-state index contributed by atoms with van der Waals surface area (Å²) in [5, 5.41) is 3.77. The molecule has 0 saturated heterocycles. The van der Waals surface area contributed by atoms with Gasteiger partial charge >= 0.3 is 0 Å². The minimum atomic E-state index is 0.834. The zero-order valence-corrected chi connectivity index (χ0v) is 6.61. The Hall–Kier alpha value is -1.38. The van der Waals surface area contributed by atoms with Gasteiger partial charge in [-0.05, 0) is 19.1 Å². The fourth-order valence-electron chi connectivity index (χ4n) is 0.766. The molecule has 0 aromatic carbocycles. The van der Waals surface area contributed by atoms with Crippen LogP contribution in [0.1, 0.15) is 12.5 Å². The van der Waals surface area contributed by atoms with E-state index in [0.717, 1.165) is 11.3 Å². The number of nitrogens with zero attached hydrogens (tertiary/aromatic N) is 2. The average Bonchev–Trinajstić information content (AvgIpc) is 2.07. The summed E-state index contributed by atoms with van der Waals surface area (Å²) in [5.41, 5.74) is 1.81. The summed E-state index contributed by atoms with van der Waals surface area (Å²) in [6, 6.07) is 3.80. The van der Waals surface area contributed by atoms with Crippen LogP contribution in [0.5, 0.6) is 0 Å². The van der Waals surface area contributed by atoms with Gasteiger partial charge in [0.25, 0.3) is 0 Å². The standard InChI is InChI=1S/C8H10N2O/c1-7(10-11-2)8-4-3-5-9-6-8/h3-6H,1-2H3. The first-order valence-corrected chi connectivity index (χ1v) is 3.32. The zero-order chi connectivity index (χ0) is 8.10. The van der Waals surface area contributed by atoms with Crippen molar-refractivity contribution >= 4 is 5.71 Å². The third kappa shape index (κ3) is 2.04. The summed E-state index contributed by atoms with van der Waals surface area (Å²) in [4.78, 5) is 8.57. The maximum Gasteiger partial charge on any atom is 0.106 e. The molecule has 0 bridgehead atoms. The van der Waals surface area contributed by atoms with Gasteiger partial charge in [-0.25, -0.2) is 0 Å². The number of rotatable bonds is 2. The molecule has 1 aromatic heterocycles. The predicted molar refractivity (Wildman–Crippen MR) is 43.5 cm³/mol. The van der Waals surface area contributed by atoms with Crippen molar-refractivity contribution in [2.24, 2.45) is 5.16 Å². The molecule has 0 spiro atoms. The van der Waals surface area contributed by atoms with E-state index >= 15 is 0 Å². The van der Waals surface area contributed by atoms with E-state index in [1.807, 2.05) is 19.1 Å². The number of oxime groups is 1. The van der Waals surface area contributed by atoms with Crippen LogP contribution in [-0.2, 0) is 4.84 Å². The Morgan fingerprint density at radius 3 is 3.00 bits per heavy atom. The summed E-state index contributed by atoms with van der Waals surface area (Å²) in [6.45, 7) is 1.88. The van der Waals surface area contributed by atoms with E-state index in [1.54, 1.807) is 12.4 Å². The number of pyridine rings is 1. The summed E-state index contributed by atoms with van der Waals surface area (Å²) >= 11 is 0. The normalized spacial score (nSPS) is 11.3. The van der Waals surface area contributed by atoms with E-state index in [-0.39, 0.29) is 0 Å². The number of hydrogen-bond donors (Lipinski definition) is 0. The molecule has 1 rings (SSSR count). The third-order valence-corrected chi connectivity index (χ3v) is 1.31. The highest BCUT2D eigenvalue weighted by atomic mass is 16.6. The molecule has 0 unspecified atom stereocenters. The molecule has 0 radical (unpaired) electrons. The molecule has 3 nitrogen and oxygen atoms in total. The van der Waals surface area contributed by atoms with Crippen LogP contribution in [0.25, 0.3) is 0 Å².